The third kappa shape index (κ3) is 7.50. The molecule has 1 aromatic heterocycles. The van der Waals surface area contributed by atoms with E-state index in [-0.39, 0.29) is 5.96 Å². The Morgan fingerprint density at radius 2 is 2.04 bits per heavy atom. The molecule has 0 aliphatic rings. The van der Waals surface area contributed by atoms with E-state index < -0.39 is 0 Å². The largest absolute Gasteiger partial charge is 0.375 e. The first-order valence-electron chi connectivity index (χ1n) is 8.68. The summed E-state index contributed by atoms with van der Waals surface area (Å²) in [5.41, 5.74) is 7.62. The van der Waals surface area contributed by atoms with Gasteiger partial charge >= 0.3 is 0 Å². The van der Waals surface area contributed by atoms with Gasteiger partial charge in [0.1, 0.15) is 0 Å². The highest BCUT2D eigenvalue weighted by atomic mass is 35.5. The smallest absolute Gasteiger partial charge is 0.194 e. The van der Waals surface area contributed by atoms with E-state index in [1.54, 1.807) is 17.2 Å². The predicted octanol–water partition coefficient (Wildman–Crippen LogP) is 2.95. The Kier molecular flexibility index (Phi) is 8.97. The first-order valence-corrected chi connectivity index (χ1v) is 9.47. The minimum atomic E-state index is -0.0928. The minimum absolute atomic E-state index is 0.0928. The molecule has 0 saturated carbocycles. The molecular weight excluding hydrogens is 382 g/mol. The lowest BCUT2D eigenvalue weighted by atomic mass is 10.2. The Hall–Kier alpha value is -2.22. The molecule has 0 aliphatic heterocycles. The normalized spacial score (nSPS) is 10.4. The van der Waals surface area contributed by atoms with Gasteiger partial charge in [0.15, 0.2) is 11.1 Å². The van der Waals surface area contributed by atoms with Crippen LogP contribution >= 0.6 is 23.8 Å². The molecule has 0 saturated heterocycles. The van der Waals surface area contributed by atoms with Gasteiger partial charge in [-0.1, -0.05) is 41.9 Å². The number of pyridine rings is 1. The average Bonchev–Trinajstić information content (AvgIpc) is 2.66. The van der Waals surface area contributed by atoms with Crippen LogP contribution < -0.4 is 11.1 Å². The summed E-state index contributed by atoms with van der Waals surface area (Å²) in [7, 11) is 0. The second-order valence-corrected chi connectivity index (χ2v) is 6.64. The Morgan fingerprint density at radius 1 is 1.26 bits per heavy atom. The molecule has 0 fully saturated rings. The van der Waals surface area contributed by atoms with Crippen molar-refractivity contribution < 1.29 is 4.74 Å². The van der Waals surface area contributed by atoms with E-state index in [1.165, 1.54) is 0 Å². The van der Waals surface area contributed by atoms with Crippen LogP contribution in [0.1, 0.15) is 17.7 Å². The molecule has 4 N–H and O–H groups in total. The zero-order chi connectivity index (χ0) is 19.5. The lowest BCUT2D eigenvalue weighted by Gasteiger charge is -2.24. The summed E-state index contributed by atoms with van der Waals surface area (Å²) in [6, 6.07) is 13.6. The maximum Gasteiger partial charge on any atom is 0.194 e. The second-order valence-electron chi connectivity index (χ2n) is 5.84. The van der Waals surface area contributed by atoms with Crippen molar-refractivity contribution in [1.29, 1.82) is 5.41 Å². The van der Waals surface area contributed by atoms with Crippen LogP contribution in [-0.2, 0) is 17.8 Å². The van der Waals surface area contributed by atoms with Gasteiger partial charge in [-0.05, 0) is 42.8 Å². The number of aryl methyl sites for hydroxylation is 1. The molecule has 27 heavy (non-hydrogen) atoms. The summed E-state index contributed by atoms with van der Waals surface area (Å²) < 4.78 is 5.61. The van der Waals surface area contributed by atoms with Gasteiger partial charge in [-0.25, -0.2) is 0 Å². The molecule has 6 nitrogen and oxygen atoms in total. The van der Waals surface area contributed by atoms with E-state index in [9.17, 15) is 0 Å². The van der Waals surface area contributed by atoms with Gasteiger partial charge in [-0.15, -0.1) is 0 Å². The fourth-order valence-electron chi connectivity index (χ4n) is 2.43. The van der Waals surface area contributed by atoms with E-state index in [0.717, 1.165) is 17.7 Å². The van der Waals surface area contributed by atoms with E-state index in [1.807, 2.05) is 36.4 Å². The highest BCUT2D eigenvalue weighted by Crippen LogP contribution is 2.14. The fraction of sp³-hybridized carbons (Fsp3) is 0.316. The lowest BCUT2D eigenvalue weighted by Crippen LogP contribution is -2.48. The van der Waals surface area contributed by atoms with Gasteiger partial charge in [0.05, 0.1) is 23.9 Å². The standard InChI is InChI=1S/C19H24ClN5OS/c20-16-8-4-10-23-17(16)9-5-12-25(18(21)22)19(27)24-11-13-26-14-15-6-2-1-3-7-15/h1-4,6-8,10H,5,9,11-14H2,(H3,21,22)(H,24,27). The molecule has 2 aromatic rings. The molecule has 8 heteroatoms. The molecular formula is C19H24ClN5OS. The number of ether oxygens (including phenoxy) is 1. The third-order valence-corrected chi connectivity index (χ3v) is 4.51. The van der Waals surface area contributed by atoms with Crippen molar-refractivity contribution in [3.8, 4) is 0 Å². The van der Waals surface area contributed by atoms with Crippen molar-refractivity contribution in [1.82, 2.24) is 15.2 Å². The number of guanidine groups is 1. The number of hydrogen-bond acceptors (Lipinski definition) is 4. The number of nitrogens with one attached hydrogen (secondary N) is 2. The first-order chi connectivity index (χ1) is 13.1. The zero-order valence-corrected chi connectivity index (χ0v) is 16.6. The van der Waals surface area contributed by atoms with Gasteiger partial charge < -0.3 is 15.8 Å². The molecule has 0 aliphatic carbocycles. The molecule has 1 heterocycles. The first kappa shape index (κ1) is 21.1. The highest BCUT2D eigenvalue weighted by molar-refractivity contribution is 7.80. The van der Waals surface area contributed by atoms with Crippen molar-refractivity contribution in [2.45, 2.75) is 19.4 Å². The third-order valence-electron chi connectivity index (χ3n) is 3.80. The average molecular weight is 406 g/mol. The summed E-state index contributed by atoms with van der Waals surface area (Å²) in [5, 5.41) is 11.9. The van der Waals surface area contributed by atoms with Crippen LogP contribution in [0.3, 0.4) is 0 Å². The summed E-state index contributed by atoms with van der Waals surface area (Å²) >= 11 is 11.5. The van der Waals surface area contributed by atoms with Crippen LogP contribution in [0.25, 0.3) is 0 Å². The number of nitrogens with two attached hydrogens (primary N) is 1. The zero-order valence-electron chi connectivity index (χ0n) is 15.0. The molecule has 1 aromatic carbocycles. The van der Waals surface area contributed by atoms with Gasteiger partial charge in [-0.3, -0.25) is 15.3 Å². The number of benzene rings is 1. The van der Waals surface area contributed by atoms with Crippen LogP contribution in [0.5, 0.6) is 0 Å². The maximum atomic E-state index is 7.74. The van der Waals surface area contributed by atoms with E-state index in [0.29, 0.717) is 42.9 Å². The molecule has 0 radical (unpaired) electrons. The number of aromatic nitrogens is 1. The van der Waals surface area contributed by atoms with Crippen molar-refractivity contribution in [3.05, 3.63) is 64.9 Å². The molecule has 0 bridgehead atoms. The number of thiocarbonyl (C=S) groups is 1. The fourth-order valence-corrected chi connectivity index (χ4v) is 2.94. The van der Waals surface area contributed by atoms with Gasteiger partial charge in [0.2, 0.25) is 0 Å². The lowest BCUT2D eigenvalue weighted by molar-refractivity contribution is 0.125. The molecule has 2 rings (SSSR count). The Labute approximate surface area is 170 Å². The quantitative estimate of drug-likeness (QED) is 0.257. The number of hydrogen-bond donors (Lipinski definition) is 3. The van der Waals surface area contributed by atoms with Crippen LogP contribution in [0.2, 0.25) is 5.02 Å². The van der Waals surface area contributed by atoms with Crippen LogP contribution in [-0.4, -0.2) is 40.7 Å². The summed E-state index contributed by atoms with van der Waals surface area (Å²) in [4.78, 5) is 5.82. The van der Waals surface area contributed by atoms with Crippen LogP contribution in [0, 0.1) is 5.41 Å². The van der Waals surface area contributed by atoms with Crippen molar-refractivity contribution in [2.24, 2.45) is 5.73 Å². The second kappa shape index (κ2) is 11.5. The summed E-state index contributed by atoms with van der Waals surface area (Å²) in [6.07, 6.45) is 3.13. The van der Waals surface area contributed by atoms with Gasteiger partial charge in [-0.2, -0.15) is 0 Å². The maximum absolute atomic E-state index is 7.74. The Morgan fingerprint density at radius 3 is 2.74 bits per heavy atom. The van der Waals surface area contributed by atoms with Crippen molar-refractivity contribution in [2.75, 3.05) is 19.7 Å². The number of nitrogens with zero attached hydrogens (tertiary/aromatic N) is 2. The number of halogens is 1. The minimum Gasteiger partial charge on any atom is -0.375 e. The molecule has 144 valence electrons. The Bertz CT molecular complexity index is 744. The Balaban J connectivity index is 1.69. The molecule has 0 atom stereocenters. The van der Waals surface area contributed by atoms with Crippen LogP contribution in [0.15, 0.2) is 48.7 Å². The highest BCUT2D eigenvalue weighted by Gasteiger charge is 2.12. The van der Waals surface area contributed by atoms with E-state index in [4.69, 9.17) is 39.7 Å². The predicted molar refractivity (Wildman–Crippen MR) is 113 cm³/mol. The van der Waals surface area contributed by atoms with E-state index >= 15 is 0 Å². The summed E-state index contributed by atoms with van der Waals surface area (Å²) in [6.45, 7) is 2.11. The topological polar surface area (TPSA) is 87.3 Å². The van der Waals surface area contributed by atoms with Crippen molar-refractivity contribution in [3.63, 3.8) is 0 Å². The number of rotatable bonds is 9. The molecule has 0 spiro atoms. The van der Waals surface area contributed by atoms with Gasteiger partial charge in [0.25, 0.3) is 0 Å². The monoisotopic (exact) mass is 405 g/mol. The van der Waals surface area contributed by atoms with Crippen molar-refractivity contribution >= 4 is 34.9 Å². The summed E-state index contributed by atoms with van der Waals surface area (Å²) in [5.74, 6) is -0.0928. The SMILES string of the molecule is N=C(N)N(CCCc1ncccc1Cl)C(=S)NCCOCc1ccccc1. The molecule has 0 unspecified atom stereocenters. The van der Waals surface area contributed by atoms with E-state index in [2.05, 4.69) is 10.3 Å². The van der Waals surface area contributed by atoms with Crippen LogP contribution in [0.4, 0.5) is 0 Å². The van der Waals surface area contributed by atoms with Gasteiger partial charge in [0, 0.05) is 19.3 Å². The molecule has 0 amide bonds.